The van der Waals surface area contributed by atoms with E-state index in [4.69, 9.17) is 0 Å². The second-order valence-electron chi connectivity index (χ2n) is 1.17. The van der Waals surface area contributed by atoms with Gasteiger partial charge in [-0.2, -0.15) is 0 Å². The molecule has 0 rings (SSSR count). The van der Waals surface area contributed by atoms with Gasteiger partial charge in [0.05, 0.1) is 0 Å². The Hall–Kier alpha value is 2.99. The summed E-state index contributed by atoms with van der Waals surface area (Å²) in [5.74, 6) is 0. The van der Waals surface area contributed by atoms with Gasteiger partial charge >= 0.3 is 59.5 Å². The van der Waals surface area contributed by atoms with Crippen molar-refractivity contribution in [3.05, 3.63) is 0 Å². The van der Waals surface area contributed by atoms with E-state index in [1.165, 1.54) is 0 Å². The molecule has 58 valence electrons. The monoisotopic (exact) mass is 602 g/mol. The summed E-state index contributed by atoms with van der Waals surface area (Å²) in [7, 11) is -0.611. The average molecular weight is 605 g/mol. The third-order valence-corrected chi connectivity index (χ3v) is 0. The molecule has 0 aromatic heterocycles. The topological polar surface area (TPSA) is 17.1 Å². The van der Waals surface area contributed by atoms with Gasteiger partial charge in [-0.25, -0.2) is 0 Å². The number of hydrogen-bond donors (Lipinski definition) is 0. The Labute approximate surface area is 85.1 Å². The quantitative estimate of drug-likeness (QED) is 0.389. The van der Waals surface area contributed by atoms with Crippen LogP contribution in [0.1, 0.15) is 0 Å². The summed E-state index contributed by atoms with van der Waals surface area (Å²) >= 11 is 11.4. The van der Waals surface area contributed by atoms with Gasteiger partial charge in [-0.15, -0.1) is 0 Å². The van der Waals surface area contributed by atoms with Gasteiger partial charge in [-0.1, -0.05) is 0 Å². The van der Waals surface area contributed by atoms with Gasteiger partial charge in [-0.3, -0.25) is 4.21 Å². The van der Waals surface area contributed by atoms with Crippen LogP contribution in [-0.2, 0) is 10.8 Å². The summed E-state index contributed by atoms with van der Waals surface area (Å²) in [6, 6.07) is 0. The Morgan fingerprint density at radius 1 is 1.11 bits per heavy atom. The normalized spacial score (nSPS) is 10.6. The molecule has 0 unspecified atom stereocenters. The molecule has 0 N–H and O–H groups in total. The zero-order valence-electron chi connectivity index (χ0n) is 4.83. The predicted molar refractivity (Wildman–Crippen MR) is 61.5 cm³/mol. The Bertz CT molecular complexity index is 81.1. The van der Waals surface area contributed by atoms with Crippen LogP contribution in [0.2, 0.25) is 0 Å². The van der Waals surface area contributed by atoms with E-state index in [0.717, 1.165) is 0 Å². The summed E-state index contributed by atoms with van der Waals surface area (Å²) in [6.45, 7) is 0. The standard InChI is InChI=1S/C2H6OS.4BrH.Pb/c1-4(2)3;;;;;/h1-2H3;4*1H;/q;;;;;+4/p-4. The van der Waals surface area contributed by atoms with E-state index in [1.807, 2.05) is 0 Å². The number of hydrogen-bond acceptors (Lipinski definition) is 1. The van der Waals surface area contributed by atoms with Crippen LogP contribution in [0.4, 0.5) is 0 Å². The van der Waals surface area contributed by atoms with Crippen LogP contribution in [-0.4, -0.2) is 28.3 Å². The molecule has 0 amide bonds. The summed E-state index contributed by atoms with van der Waals surface area (Å²) in [6.07, 6.45) is 3.28. The molecule has 0 radical (unpaired) electrons. The van der Waals surface area contributed by atoms with Gasteiger partial charge in [0.15, 0.2) is 0 Å². The van der Waals surface area contributed by atoms with E-state index >= 15 is 0 Å². The van der Waals surface area contributed by atoms with Crippen molar-refractivity contribution in [2.45, 2.75) is 0 Å². The molecule has 0 aromatic rings. The summed E-state index contributed by atoms with van der Waals surface area (Å²) < 4.78 is 9.56. The van der Waals surface area contributed by atoms with Gasteiger partial charge in [0, 0.05) is 23.3 Å². The molecule has 0 bridgehead atoms. The molecule has 0 aliphatic rings. The van der Waals surface area contributed by atoms with Crippen molar-refractivity contribution in [2.75, 3.05) is 12.5 Å². The minimum absolute atomic E-state index is 0.611. The van der Waals surface area contributed by atoms with E-state index in [1.54, 1.807) is 12.5 Å². The first-order valence-corrected chi connectivity index (χ1v) is 37.4. The molecule has 0 atom stereocenters. The van der Waals surface area contributed by atoms with Crippen LogP contribution in [0, 0.1) is 0 Å². The molecule has 0 aliphatic carbocycles. The van der Waals surface area contributed by atoms with Crippen molar-refractivity contribution < 1.29 is 4.21 Å². The van der Waals surface area contributed by atoms with Gasteiger partial charge in [-0.05, 0) is 0 Å². The Morgan fingerprint density at radius 2 is 1.11 bits per heavy atom. The van der Waals surface area contributed by atoms with Crippen molar-refractivity contribution in [2.24, 2.45) is 0 Å². The van der Waals surface area contributed by atoms with Crippen molar-refractivity contribution in [3.8, 4) is 0 Å². The summed E-state index contributed by atoms with van der Waals surface area (Å²) in [5, 5.41) is 0. The summed E-state index contributed by atoms with van der Waals surface area (Å²) in [4.78, 5) is 0. The Kier molecular flexibility index (Phi) is 12.3. The van der Waals surface area contributed by atoms with Gasteiger partial charge in [0.25, 0.3) is 0 Å². The molecule has 1 nitrogen and oxygen atoms in total. The van der Waals surface area contributed by atoms with Gasteiger partial charge in [0.2, 0.25) is 0 Å². The fourth-order valence-corrected chi connectivity index (χ4v) is 0. The third-order valence-electron chi connectivity index (χ3n) is 0. The maximum absolute atomic E-state index is 9.56. The Balaban J connectivity index is 0. The molecule has 0 aliphatic heterocycles. The third kappa shape index (κ3) is 99.3. The second-order valence-corrected chi connectivity index (χ2v) is 104. The average Bonchev–Trinajstić information content (AvgIpc) is 1.19. The van der Waals surface area contributed by atoms with E-state index in [2.05, 4.69) is 47.9 Å². The second kappa shape index (κ2) is 7.63. The molecule has 7 heteroatoms. The molecular weight excluding hydrogens is 599 g/mol. The van der Waals surface area contributed by atoms with E-state index < -0.39 is 22.3 Å². The first kappa shape index (κ1) is 14.5. The minimum atomic E-state index is -2.03. The van der Waals surface area contributed by atoms with Crippen molar-refractivity contribution >= 4 is 70.3 Å². The molecule has 0 saturated carbocycles. The molecule has 0 fully saturated rings. The zero-order chi connectivity index (χ0) is 8.08. The van der Waals surface area contributed by atoms with Crippen LogP contribution in [0.3, 0.4) is 0 Å². The summed E-state index contributed by atoms with van der Waals surface area (Å²) in [5.41, 5.74) is 0. The van der Waals surface area contributed by atoms with Crippen LogP contribution < -0.4 is 0 Å². The van der Waals surface area contributed by atoms with Crippen molar-refractivity contribution in [1.82, 2.24) is 0 Å². The number of rotatable bonds is 0. The van der Waals surface area contributed by atoms with Gasteiger partial charge < -0.3 is 0 Å². The first-order valence-electron chi connectivity index (χ1n) is 1.74. The van der Waals surface area contributed by atoms with Gasteiger partial charge in [0.1, 0.15) is 0 Å². The molecule has 0 heterocycles. The first-order chi connectivity index (χ1) is 3.73. The predicted octanol–water partition coefficient (Wildman–Crippen LogP) is 3.00. The fourth-order valence-electron chi connectivity index (χ4n) is 0. The molecule has 0 saturated heterocycles. The van der Waals surface area contributed by atoms with E-state index in [-0.39, 0.29) is 0 Å². The maximum atomic E-state index is 9.56. The fraction of sp³-hybridized carbons (Fsp3) is 1.00. The van der Waals surface area contributed by atoms with E-state index in [0.29, 0.717) is 0 Å². The van der Waals surface area contributed by atoms with Crippen LogP contribution in [0.15, 0.2) is 0 Å². The van der Waals surface area contributed by atoms with E-state index in [9.17, 15) is 4.21 Å². The molecular formula is C2H6Br4OPbS. The molecule has 0 spiro atoms. The Morgan fingerprint density at radius 3 is 1.11 bits per heavy atom. The number of halogens is 4. The SMILES string of the molecule is CS(C)=O.[Br][Pb]([Br])([Br])[Br]. The zero-order valence-corrected chi connectivity index (χ0v) is 15.9. The van der Waals surface area contributed by atoms with Crippen molar-refractivity contribution in [3.63, 3.8) is 0 Å². The van der Waals surface area contributed by atoms with Crippen LogP contribution in [0.25, 0.3) is 0 Å². The molecule has 9 heavy (non-hydrogen) atoms. The van der Waals surface area contributed by atoms with Crippen molar-refractivity contribution in [1.29, 1.82) is 0 Å². The van der Waals surface area contributed by atoms with Crippen LogP contribution >= 0.6 is 47.9 Å². The van der Waals surface area contributed by atoms with Crippen LogP contribution in [0.5, 0.6) is 0 Å². The molecule has 0 aromatic carbocycles.